The van der Waals surface area contributed by atoms with Crippen LogP contribution in [0.4, 0.5) is 18.9 Å². The number of hydrogen-bond acceptors (Lipinski definition) is 5. The molecule has 0 aliphatic rings. The molecule has 1 aromatic heterocycles. The van der Waals surface area contributed by atoms with Crippen LogP contribution in [0.2, 0.25) is 0 Å². The van der Waals surface area contributed by atoms with Gasteiger partial charge in [0.1, 0.15) is 0 Å². The first-order valence-electron chi connectivity index (χ1n) is 8.07. The van der Waals surface area contributed by atoms with Crippen molar-refractivity contribution in [1.29, 1.82) is 0 Å². The Morgan fingerprint density at radius 1 is 1.33 bits per heavy atom. The Bertz CT molecular complexity index is 807. The Labute approximate surface area is 157 Å². The lowest BCUT2D eigenvalue weighted by Crippen LogP contribution is -2.38. The molecule has 0 fully saturated rings. The molecule has 0 unspecified atom stereocenters. The minimum Gasteiger partial charge on any atom is -0.357 e. The van der Waals surface area contributed by atoms with Gasteiger partial charge in [-0.3, -0.25) is 10.1 Å². The number of nitro benzene ring substituents is 1. The van der Waals surface area contributed by atoms with Crippen LogP contribution >= 0.6 is 11.3 Å². The molecule has 2 rings (SSSR count). The molecule has 2 aromatic rings. The Hall–Kier alpha value is -2.69. The van der Waals surface area contributed by atoms with Gasteiger partial charge < -0.3 is 10.6 Å². The first kappa shape index (κ1) is 20.6. The third-order valence-corrected chi connectivity index (χ3v) is 4.32. The number of thiazole rings is 1. The standard InChI is InChI=1S/C16H18F3N5O2S/c1-2-20-15(22-9-11-5-3-4-6-12(11)24(25)26)21-8-7-14-23-13(10-27-14)16(17,18)19/h3-6,10H,2,7-9H2,1H3,(H2,20,21,22). The normalized spacial score (nSPS) is 12.1. The molecule has 1 heterocycles. The number of aromatic nitrogens is 1. The van der Waals surface area contributed by atoms with Crippen molar-refractivity contribution in [2.75, 3.05) is 13.1 Å². The molecular weight excluding hydrogens is 383 g/mol. The van der Waals surface area contributed by atoms with Gasteiger partial charge in [-0.05, 0) is 6.92 Å². The smallest absolute Gasteiger partial charge is 0.357 e. The summed E-state index contributed by atoms with van der Waals surface area (Å²) >= 11 is 0.950. The van der Waals surface area contributed by atoms with Crippen LogP contribution in [-0.2, 0) is 19.1 Å². The van der Waals surface area contributed by atoms with Gasteiger partial charge in [-0.25, -0.2) is 9.98 Å². The SMILES string of the molecule is CCNC(=NCc1ccccc1[N+](=O)[O-])NCCc1nc(C(F)(F)F)cs1. The van der Waals surface area contributed by atoms with Gasteiger partial charge in [-0.2, -0.15) is 13.2 Å². The summed E-state index contributed by atoms with van der Waals surface area (Å²) in [4.78, 5) is 18.4. The maximum Gasteiger partial charge on any atom is 0.434 e. The molecule has 27 heavy (non-hydrogen) atoms. The summed E-state index contributed by atoms with van der Waals surface area (Å²) < 4.78 is 37.7. The monoisotopic (exact) mass is 401 g/mol. The topological polar surface area (TPSA) is 92.5 Å². The van der Waals surface area contributed by atoms with Gasteiger partial charge >= 0.3 is 6.18 Å². The largest absolute Gasteiger partial charge is 0.434 e. The zero-order valence-corrected chi connectivity index (χ0v) is 15.2. The predicted octanol–water partition coefficient (Wildman–Crippen LogP) is 3.37. The number of halogens is 3. The number of rotatable bonds is 7. The highest BCUT2D eigenvalue weighted by Gasteiger charge is 2.33. The molecule has 0 spiro atoms. The molecule has 0 saturated heterocycles. The molecule has 7 nitrogen and oxygen atoms in total. The fraction of sp³-hybridized carbons (Fsp3) is 0.375. The minimum atomic E-state index is -4.44. The minimum absolute atomic E-state index is 0.0143. The highest BCUT2D eigenvalue weighted by molar-refractivity contribution is 7.09. The highest BCUT2D eigenvalue weighted by Crippen LogP contribution is 2.30. The van der Waals surface area contributed by atoms with Gasteiger partial charge in [-0.1, -0.05) is 18.2 Å². The number of nitro groups is 1. The number of hydrogen-bond donors (Lipinski definition) is 2. The number of alkyl halides is 3. The van der Waals surface area contributed by atoms with E-state index in [-0.39, 0.29) is 12.2 Å². The number of benzene rings is 1. The van der Waals surface area contributed by atoms with Crippen LogP contribution in [0, 0.1) is 10.1 Å². The highest BCUT2D eigenvalue weighted by atomic mass is 32.1. The summed E-state index contributed by atoms with van der Waals surface area (Å²) in [5.41, 5.74) is -0.437. The molecular formula is C16H18F3N5O2S. The van der Waals surface area contributed by atoms with Gasteiger partial charge in [0, 0.05) is 31.0 Å². The summed E-state index contributed by atoms with van der Waals surface area (Å²) in [6.07, 6.45) is -4.14. The van der Waals surface area contributed by atoms with Crippen molar-refractivity contribution in [3.8, 4) is 0 Å². The molecule has 0 aliphatic heterocycles. The number of para-hydroxylation sites is 1. The van der Waals surface area contributed by atoms with Crippen LogP contribution in [0.25, 0.3) is 0 Å². The first-order valence-corrected chi connectivity index (χ1v) is 8.95. The van der Waals surface area contributed by atoms with Crippen LogP contribution < -0.4 is 10.6 Å². The molecule has 11 heteroatoms. The van der Waals surface area contributed by atoms with Crippen LogP contribution in [0.1, 0.15) is 23.2 Å². The molecule has 0 radical (unpaired) electrons. The van der Waals surface area contributed by atoms with E-state index in [1.807, 2.05) is 6.92 Å². The Balaban J connectivity index is 1.96. The van der Waals surface area contributed by atoms with Crippen LogP contribution in [0.3, 0.4) is 0 Å². The Morgan fingerprint density at radius 2 is 2.07 bits per heavy atom. The molecule has 0 atom stereocenters. The third kappa shape index (κ3) is 6.20. The molecule has 0 amide bonds. The van der Waals surface area contributed by atoms with E-state index in [1.54, 1.807) is 18.2 Å². The van der Waals surface area contributed by atoms with Gasteiger partial charge in [-0.15, -0.1) is 11.3 Å². The van der Waals surface area contributed by atoms with Crippen molar-refractivity contribution in [3.05, 3.63) is 56.0 Å². The zero-order valence-electron chi connectivity index (χ0n) is 14.4. The van der Waals surface area contributed by atoms with E-state index in [2.05, 4.69) is 20.6 Å². The molecule has 2 N–H and O–H groups in total. The lowest BCUT2D eigenvalue weighted by molar-refractivity contribution is -0.385. The van der Waals surface area contributed by atoms with E-state index in [4.69, 9.17) is 0 Å². The molecule has 0 saturated carbocycles. The van der Waals surface area contributed by atoms with E-state index in [9.17, 15) is 23.3 Å². The van der Waals surface area contributed by atoms with Crippen molar-refractivity contribution in [2.24, 2.45) is 4.99 Å². The summed E-state index contributed by atoms with van der Waals surface area (Å²) in [7, 11) is 0. The average molecular weight is 401 g/mol. The van der Waals surface area contributed by atoms with Crippen molar-refractivity contribution in [3.63, 3.8) is 0 Å². The quantitative estimate of drug-likeness (QED) is 0.321. The second-order valence-electron chi connectivity index (χ2n) is 5.38. The lowest BCUT2D eigenvalue weighted by atomic mass is 10.2. The number of guanidine groups is 1. The van der Waals surface area contributed by atoms with E-state index in [0.717, 1.165) is 16.7 Å². The van der Waals surface area contributed by atoms with Crippen LogP contribution in [0.15, 0.2) is 34.6 Å². The summed E-state index contributed by atoms with van der Waals surface area (Å²) in [6, 6.07) is 6.31. The lowest BCUT2D eigenvalue weighted by Gasteiger charge is -2.10. The van der Waals surface area contributed by atoms with Crippen molar-refractivity contribution in [2.45, 2.75) is 26.1 Å². The number of nitrogens with zero attached hydrogens (tertiary/aromatic N) is 3. The van der Waals surface area contributed by atoms with E-state index >= 15 is 0 Å². The van der Waals surface area contributed by atoms with E-state index < -0.39 is 16.8 Å². The van der Waals surface area contributed by atoms with Crippen molar-refractivity contribution in [1.82, 2.24) is 15.6 Å². The second kappa shape index (κ2) is 9.31. The number of aliphatic imine (C=N–C) groups is 1. The van der Waals surface area contributed by atoms with Gasteiger partial charge in [0.2, 0.25) is 0 Å². The maximum absolute atomic E-state index is 12.6. The number of nitrogens with one attached hydrogen (secondary N) is 2. The predicted molar refractivity (Wildman–Crippen MR) is 96.7 cm³/mol. The van der Waals surface area contributed by atoms with E-state index in [0.29, 0.717) is 36.0 Å². The van der Waals surface area contributed by atoms with Crippen molar-refractivity contribution < 1.29 is 18.1 Å². The summed E-state index contributed by atoms with van der Waals surface area (Å²) in [5, 5.41) is 18.4. The van der Waals surface area contributed by atoms with Crippen LogP contribution in [-0.4, -0.2) is 29.0 Å². The Kier molecular flexibility index (Phi) is 7.11. The van der Waals surface area contributed by atoms with Crippen LogP contribution in [0.5, 0.6) is 0 Å². The summed E-state index contributed by atoms with van der Waals surface area (Å²) in [5.74, 6) is 0.420. The van der Waals surface area contributed by atoms with Crippen molar-refractivity contribution >= 4 is 23.0 Å². The molecule has 146 valence electrons. The molecule has 0 bridgehead atoms. The average Bonchev–Trinajstić information content (AvgIpc) is 3.09. The molecule has 0 aliphatic carbocycles. The fourth-order valence-electron chi connectivity index (χ4n) is 2.17. The summed E-state index contributed by atoms with van der Waals surface area (Å²) in [6.45, 7) is 2.85. The van der Waals surface area contributed by atoms with Gasteiger partial charge in [0.05, 0.1) is 22.0 Å². The van der Waals surface area contributed by atoms with Gasteiger partial charge in [0.15, 0.2) is 11.7 Å². The van der Waals surface area contributed by atoms with E-state index in [1.165, 1.54) is 6.07 Å². The zero-order chi connectivity index (χ0) is 19.9. The maximum atomic E-state index is 12.6. The van der Waals surface area contributed by atoms with Gasteiger partial charge in [0.25, 0.3) is 5.69 Å². The first-order chi connectivity index (χ1) is 12.8. The third-order valence-electron chi connectivity index (χ3n) is 3.41. The second-order valence-corrected chi connectivity index (χ2v) is 6.32. The fourth-order valence-corrected chi connectivity index (χ4v) is 2.98. The Morgan fingerprint density at radius 3 is 2.70 bits per heavy atom. The molecule has 1 aromatic carbocycles.